The molecule has 7 heteroatoms. The van der Waals surface area contributed by atoms with E-state index in [0.29, 0.717) is 37.8 Å². The molecule has 4 nitrogen and oxygen atoms in total. The van der Waals surface area contributed by atoms with Crippen molar-refractivity contribution in [2.24, 2.45) is 22.7 Å². The molecule has 3 atom stereocenters. The summed E-state index contributed by atoms with van der Waals surface area (Å²) < 4.78 is 37.5. The number of hydrogen-bond donors (Lipinski definition) is 1. The van der Waals surface area contributed by atoms with Crippen molar-refractivity contribution in [2.45, 2.75) is 45.8 Å². The van der Waals surface area contributed by atoms with E-state index in [2.05, 4.69) is 13.8 Å². The van der Waals surface area contributed by atoms with E-state index >= 15 is 0 Å². The number of alkyl halides is 3. The van der Waals surface area contributed by atoms with Crippen molar-refractivity contribution in [3.8, 4) is 0 Å². The highest BCUT2D eigenvalue weighted by molar-refractivity contribution is 5.91. The van der Waals surface area contributed by atoms with Crippen LogP contribution in [0.2, 0.25) is 0 Å². The number of nitrogens with one attached hydrogen (secondary N) is 1. The molecule has 1 N–H and O–H groups in total. The van der Waals surface area contributed by atoms with Crippen LogP contribution in [0.15, 0.2) is 0 Å². The predicted molar refractivity (Wildman–Crippen MR) is 72.7 cm³/mol. The Labute approximate surface area is 127 Å². The summed E-state index contributed by atoms with van der Waals surface area (Å²) in [6.07, 6.45) is -3.64. The maximum atomic E-state index is 12.6. The first-order valence-corrected chi connectivity index (χ1v) is 7.63. The number of piperidine rings is 1. The molecule has 0 radical (unpaired) electrons. The number of hydrogen-bond acceptors (Lipinski definition) is 2. The van der Waals surface area contributed by atoms with Crippen LogP contribution in [0, 0.1) is 22.7 Å². The molecule has 3 aliphatic rings. The number of likely N-dealkylation sites (tertiary alicyclic amines) is 1. The second-order valence-electron chi connectivity index (χ2n) is 7.84. The van der Waals surface area contributed by atoms with E-state index in [1.807, 2.05) is 5.32 Å². The molecule has 124 valence electrons. The number of rotatable bonds is 3. The van der Waals surface area contributed by atoms with Crippen LogP contribution < -0.4 is 5.32 Å². The fraction of sp³-hybridized carbons (Fsp3) is 0.867. The van der Waals surface area contributed by atoms with Crippen LogP contribution in [-0.4, -0.2) is 42.0 Å². The first kappa shape index (κ1) is 15.6. The van der Waals surface area contributed by atoms with E-state index in [1.54, 1.807) is 11.8 Å². The van der Waals surface area contributed by atoms with Gasteiger partial charge in [0.05, 0.1) is 0 Å². The van der Waals surface area contributed by atoms with E-state index < -0.39 is 23.5 Å². The molecule has 0 bridgehead atoms. The van der Waals surface area contributed by atoms with Crippen LogP contribution >= 0.6 is 0 Å². The Bertz CT molecular complexity index is 511. The SMILES string of the molecule is CC1(C(NC(=O)C(F)(F)F)C(=O)N2CC3[C@@H](C2)C3(C)C)CC1. The van der Waals surface area contributed by atoms with E-state index in [1.165, 1.54) is 0 Å². The first-order chi connectivity index (χ1) is 9.97. The van der Waals surface area contributed by atoms with Crippen molar-refractivity contribution in [3.05, 3.63) is 0 Å². The molecule has 0 aromatic carbocycles. The topological polar surface area (TPSA) is 49.4 Å². The lowest BCUT2D eigenvalue weighted by Crippen LogP contribution is -2.55. The average Bonchev–Trinajstić information content (AvgIpc) is 3.15. The van der Waals surface area contributed by atoms with Crippen molar-refractivity contribution in [2.75, 3.05) is 13.1 Å². The summed E-state index contributed by atoms with van der Waals surface area (Å²) in [5.41, 5.74) is -0.314. The summed E-state index contributed by atoms with van der Waals surface area (Å²) in [6.45, 7) is 7.23. The molecule has 1 heterocycles. The highest BCUT2D eigenvalue weighted by Crippen LogP contribution is 2.62. The lowest BCUT2D eigenvalue weighted by molar-refractivity contribution is -0.175. The molecule has 1 saturated heterocycles. The zero-order valence-electron chi connectivity index (χ0n) is 13.0. The monoisotopic (exact) mass is 318 g/mol. The van der Waals surface area contributed by atoms with Gasteiger partial charge in [-0.25, -0.2) is 0 Å². The molecule has 2 unspecified atom stereocenters. The molecule has 2 aliphatic carbocycles. The lowest BCUT2D eigenvalue weighted by Gasteiger charge is -2.30. The third-order valence-corrected chi connectivity index (χ3v) is 5.95. The van der Waals surface area contributed by atoms with Gasteiger partial charge in [-0.05, 0) is 35.5 Å². The summed E-state index contributed by atoms with van der Waals surface area (Å²) in [5, 5.41) is 1.93. The van der Waals surface area contributed by atoms with Crippen LogP contribution in [0.5, 0.6) is 0 Å². The van der Waals surface area contributed by atoms with Crippen LogP contribution in [0.25, 0.3) is 0 Å². The van der Waals surface area contributed by atoms with Gasteiger partial charge in [-0.1, -0.05) is 20.8 Å². The quantitative estimate of drug-likeness (QED) is 0.865. The maximum Gasteiger partial charge on any atom is 0.471 e. The minimum atomic E-state index is -4.96. The van der Waals surface area contributed by atoms with Crippen molar-refractivity contribution in [3.63, 3.8) is 0 Å². The fourth-order valence-corrected chi connectivity index (χ4v) is 3.73. The van der Waals surface area contributed by atoms with Crippen LogP contribution in [0.3, 0.4) is 0 Å². The molecule has 0 aromatic rings. The normalized spacial score (nSPS) is 32.2. The van der Waals surface area contributed by atoms with Gasteiger partial charge in [-0.15, -0.1) is 0 Å². The lowest BCUT2D eigenvalue weighted by atomic mass is 9.96. The number of carbonyl (C=O) groups excluding carboxylic acids is 2. The van der Waals surface area contributed by atoms with E-state index in [0.717, 1.165) is 0 Å². The largest absolute Gasteiger partial charge is 0.471 e. The molecule has 0 aromatic heterocycles. The number of amides is 2. The van der Waals surface area contributed by atoms with Crippen molar-refractivity contribution in [1.82, 2.24) is 10.2 Å². The third-order valence-electron chi connectivity index (χ3n) is 5.95. The third kappa shape index (κ3) is 2.38. The molecule has 1 aliphatic heterocycles. The summed E-state index contributed by atoms with van der Waals surface area (Å²) in [6, 6.07) is -1.07. The summed E-state index contributed by atoms with van der Waals surface area (Å²) in [5.74, 6) is -1.52. The van der Waals surface area contributed by atoms with Crippen LogP contribution in [0.4, 0.5) is 13.2 Å². The number of fused-ring (bicyclic) bond motifs is 1. The summed E-state index contributed by atoms with van der Waals surface area (Å²) in [7, 11) is 0. The Hall–Kier alpha value is -1.27. The summed E-state index contributed by atoms with van der Waals surface area (Å²) >= 11 is 0. The predicted octanol–water partition coefficient (Wildman–Crippen LogP) is 1.95. The smallest absolute Gasteiger partial charge is 0.340 e. The Morgan fingerprint density at radius 3 is 2.05 bits per heavy atom. The minimum absolute atomic E-state index is 0.227. The first-order valence-electron chi connectivity index (χ1n) is 7.63. The Balaban J connectivity index is 1.69. The second kappa shape index (κ2) is 4.38. The zero-order chi connectivity index (χ0) is 16.5. The van der Waals surface area contributed by atoms with Gasteiger partial charge in [0.2, 0.25) is 5.91 Å². The van der Waals surface area contributed by atoms with Gasteiger partial charge >= 0.3 is 12.1 Å². The molecule has 3 rings (SSSR count). The second-order valence-corrected chi connectivity index (χ2v) is 7.84. The van der Waals surface area contributed by atoms with Gasteiger partial charge in [-0.2, -0.15) is 13.2 Å². The molecule has 2 amide bonds. The zero-order valence-corrected chi connectivity index (χ0v) is 13.0. The van der Waals surface area contributed by atoms with Gasteiger partial charge in [0.15, 0.2) is 0 Å². The van der Waals surface area contributed by atoms with Crippen molar-refractivity contribution < 1.29 is 22.8 Å². The number of carbonyl (C=O) groups is 2. The molecule has 3 fully saturated rings. The fourth-order valence-electron chi connectivity index (χ4n) is 3.73. The van der Waals surface area contributed by atoms with Gasteiger partial charge in [0.1, 0.15) is 6.04 Å². The standard InChI is InChI=1S/C15H21F3N2O2/c1-13(2)8-6-20(7-9(8)13)11(21)10(14(3)4-5-14)19-12(22)15(16,17)18/h8-10H,4-7H2,1-3H3,(H,19,22)/t8-,9?,10?/m1/s1. The molecular formula is C15H21F3N2O2. The van der Waals surface area contributed by atoms with E-state index in [9.17, 15) is 22.8 Å². The van der Waals surface area contributed by atoms with E-state index in [4.69, 9.17) is 0 Å². The molecule has 22 heavy (non-hydrogen) atoms. The minimum Gasteiger partial charge on any atom is -0.340 e. The number of halogens is 3. The van der Waals surface area contributed by atoms with E-state index in [-0.39, 0.29) is 11.3 Å². The Morgan fingerprint density at radius 2 is 1.64 bits per heavy atom. The van der Waals surface area contributed by atoms with Gasteiger partial charge < -0.3 is 10.2 Å². The Morgan fingerprint density at radius 1 is 1.14 bits per heavy atom. The Kier molecular flexibility index (Phi) is 3.11. The van der Waals surface area contributed by atoms with Crippen molar-refractivity contribution >= 4 is 11.8 Å². The van der Waals surface area contributed by atoms with Crippen molar-refractivity contribution in [1.29, 1.82) is 0 Å². The maximum absolute atomic E-state index is 12.6. The van der Waals surface area contributed by atoms with Crippen LogP contribution in [0.1, 0.15) is 33.6 Å². The molecule has 0 spiro atoms. The summed E-state index contributed by atoms with van der Waals surface area (Å²) in [4.78, 5) is 25.5. The van der Waals surface area contributed by atoms with Gasteiger partial charge in [0, 0.05) is 13.1 Å². The molecular weight excluding hydrogens is 297 g/mol. The van der Waals surface area contributed by atoms with Gasteiger partial charge in [0.25, 0.3) is 0 Å². The number of nitrogens with zero attached hydrogens (tertiary/aromatic N) is 1. The average molecular weight is 318 g/mol. The molecule has 2 saturated carbocycles. The highest BCUT2D eigenvalue weighted by atomic mass is 19.4. The highest BCUT2D eigenvalue weighted by Gasteiger charge is 2.64. The van der Waals surface area contributed by atoms with Gasteiger partial charge in [-0.3, -0.25) is 9.59 Å². The van der Waals surface area contributed by atoms with Crippen LogP contribution in [-0.2, 0) is 9.59 Å².